The Hall–Kier alpha value is -3.49. The molecule has 0 saturated heterocycles. The zero-order valence-electron chi connectivity index (χ0n) is 20.8. The predicted octanol–water partition coefficient (Wildman–Crippen LogP) is 6.82. The second-order valence-electron chi connectivity index (χ2n) is 9.09. The number of allylic oxidation sites excluding steroid dienone is 5. The third-order valence-electron chi connectivity index (χ3n) is 4.97. The lowest BCUT2D eigenvalue weighted by atomic mass is 9.98. The number of rotatable bonds is 7. The van der Waals surface area contributed by atoms with Crippen molar-refractivity contribution in [1.82, 2.24) is 9.97 Å². The van der Waals surface area contributed by atoms with Crippen LogP contribution in [0.1, 0.15) is 53.2 Å². The highest BCUT2D eigenvalue weighted by molar-refractivity contribution is 5.98. The van der Waals surface area contributed by atoms with Crippen LogP contribution in [0.2, 0.25) is 0 Å². The van der Waals surface area contributed by atoms with Gasteiger partial charge in [-0.1, -0.05) is 12.7 Å². The van der Waals surface area contributed by atoms with Gasteiger partial charge in [0.25, 0.3) is 0 Å². The van der Waals surface area contributed by atoms with E-state index in [0.717, 1.165) is 10.8 Å². The summed E-state index contributed by atoms with van der Waals surface area (Å²) in [5.41, 5.74) is 1.30. The highest BCUT2D eigenvalue weighted by Crippen LogP contribution is 2.28. The molecule has 0 fully saturated rings. The Balaban J connectivity index is 2.25. The molecule has 0 spiro atoms. The topological polar surface area (TPSA) is 72.4 Å². The van der Waals surface area contributed by atoms with Gasteiger partial charge in [-0.15, -0.1) is 0 Å². The number of alkyl halides is 3. The molecule has 0 N–H and O–H groups in total. The van der Waals surface area contributed by atoms with Crippen LogP contribution in [-0.4, -0.2) is 40.7 Å². The number of hydrogen-bond acceptors (Lipinski definition) is 5. The summed E-state index contributed by atoms with van der Waals surface area (Å²) in [4.78, 5) is 34.5. The van der Waals surface area contributed by atoms with Crippen LogP contribution in [0.25, 0.3) is 16.3 Å². The van der Waals surface area contributed by atoms with E-state index in [0.29, 0.717) is 22.7 Å². The molecule has 0 aliphatic rings. The van der Waals surface area contributed by atoms with Crippen molar-refractivity contribution in [1.29, 1.82) is 0 Å². The Morgan fingerprint density at radius 2 is 1.71 bits per heavy atom. The summed E-state index contributed by atoms with van der Waals surface area (Å²) in [5.74, 6) is -0.258. The van der Waals surface area contributed by atoms with Gasteiger partial charge in [0.05, 0.1) is 12.1 Å². The van der Waals surface area contributed by atoms with E-state index in [1.165, 1.54) is 11.0 Å². The fourth-order valence-electron chi connectivity index (χ4n) is 3.19. The third kappa shape index (κ3) is 8.05. The van der Waals surface area contributed by atoms with Gasteiger partial charge in [-0.05, 0) is 64.0 Å². The first kappa shape index (κ1) is 27.8. The van der Waals surface area contributed by atoms with E-state index in [2.05, 4.69) is 16.5 Å². The van der Waals surface area contributed by atoms with Crippen LogP contribution < -0.4 is 4.90 Å². The van der Waals surface area contributed by atoms with Gasteiger partial charge in [0.15, 0.2) is 5.78 Å². The van der Waals surface area contributed by atoms with Crippen LogP contribution in [0, 0.1) is 0 Å². The maximum Gasteiger partial charge on any atom is 0.415 e. The molecule has 9 heteroatoms. The van der Waals surface area contributed by atoms with Crippen LogP contribution in [0.15, 0.2) is 54.4 Å². The first-order valence-corrected chi connectivity index (χ1v) is 11.0. The van der Waals surface area contributed by atoms with E-state index in [1.807, 2.05) is 0 Å². The molecule has 6 nitrogen and oxygen atoms in total. The number of carbonyl (C=O) groups excluding carboxylic acids is 2. The van der Waals surface area contributed by atoms with E-state index in [-0.39, 0.29) is 5.57 Å². The summed E-state index contributed by atoms with van der Waals surface area (Å²) >= 11 is 0. The Morgan fingerprint density at radius 1 is 1.11 bits per heavy atom. The average Bonchev–Trinajstić information content (AvgIpc) is 2.75. The molecule has 2 rings (SSSR count). The number of nitrogens with zero attached hydrogens (tertiary/aromatic N) is 3. The Kier molecular flexibility index (Phi) is 8.59. The number of Topliss-reactive ketones (excluding diaryl/α,β-unsaturated/α-hetero) is 1. The second kappa shape index (κ2) is 10.8. The summed E-state index contributed by atoms with van der Waals surface area (Å²) < 4.78 is 42.6. The largest absolute Gasteiger partial charge is 0.443 e. The molecule has 2 aromatic rings. The van der Waals surface area contributed by atoms with E-state index >= 15 is 0 Å². The summed E-state index contributed by atoms with van der Waals surface area (Å²) in [6.45, 7) is 12.5. The van der Waals surface area contributed by atoms with E-state index in [9.17, 15) is 22.8 Å². The number of carbonyl (C=O) groups is 2. The molecule has 2 heterocycles. The third-order valence-corrected chi connectivity index (χ3v) is 4.97. The first-order chi connectivity index (χ1) is 16.1. The van der Waals surface area contributed by atoms with Gasteiger partial charge in [-0.25, -0.2) is 9.78 Å². The molecule has 0 aliphatic carbocycles. The Morgan fingerprint density at radius 3 is 2.29 bits per heavy atom. The lowest BCUT2D eigenvalue weighted by Gasteiger charge is -2.24. The normalized spacial score (nSPS) is 13.1. The zero-order valence-corrected chi connectivity index (χ0v) is 20.8. The van der Waals surface area contributed by atoms with Gasteiger partial charge in [-0.2, -0.15) is 13.2 Å². The first-order valence-electron chi connectivity index (χ1n) is 11.0. The minimum Gasteiger partial charge on any atom is -0.443 e. The Bertz CT molecular complexity index is 1190. The number of fused-ring (bicyclic) bond motifs is 1. The lowest BCUT2D eigenvalue weighted by Crippen LogP contribution is -2.34. The number of ether oxygens (including phenoxy) is 1. The summed E-state index contributed by atoms with van der Waals surface area (Å²) in [6.07, 6.45) is -0.232. The fraction of sp³-hybridized carbons (Fsp3) is 0.385. The van der Waals surface area contributed by atoms with Crippen LogP contribution >= 0.6 is 0 Å². The summed E-state index contributed by atoms with van der Waals surface area (Å²) in [6, 6.07) is 3.52. The maximum atomic E-state index is 12.4. The average molecular weight is 490 g/mol. The van der Waals surface area contributed by atoms with Crippen molar-refractivity contribution in [2.75, 3.05) is 11.9 Å². The van der Waals surface area contributed by atoms with Gasteiger partial charge in [-0.3, -0.25) is 14.7 Å². The lowest BCUT2D eigenvalue weighted by molar-refractivity contribution is -0.141. The molecule has 0 bridgehead atoms. The van der Waals surface area contributed by atoms with Gasteiger partial charge in [0, 0.05) is 42.2 Å². The van der Waals surface area contributed by atoms with E-state index in [4.69, 9.17) is 4.74 Å². The SMILES string of the molecule is C=C(/C=C(C)\C(=C/C)c1cc2cnc(N(C)C(=O)OC(C)(C)C)cc2cn1)C(=O)CCC(F)(F)F. The molecule has 2 aromatic heterocycles. The standard InChI is InChI=1S/C26H30F3N3O3/c1-8-20(16(2)11-17(3)22(33)9-10-26(27,28)29)21-12-18-15-31-23(13-19(18)14-30-21)32(7)24(34)35-25(4,5)6/h8,11-15H,3,9-10H2,1-2,4-7H3/b16-11-,20-8+. The number of amides is 1. The molecule has 0 unspecified atom stereocenters. The molecule has 0 radical (unpaired) electrons. The smallest absolute Gasteiger partial charge is 0.415 e. The van der Waals surface area contributed by atoms with Crippen molar-refractivity contribution in [2.24, 2.45) is 0 Å². The molecule has 1 amide bonds. The number of anilines is 1. The van der Waals surface area contributed by atoms with Gasteiger partial charge < -0.3 is 4.74 Å². The fourth-order valence-corrected chi connectivity index (χ4v) is 3.19. The molecular weight excluding hydrogens is 459 g/mol. The molecule has 0 aromatic carbocycles. The van der Waals surface area contributed by atoms with Crippen LogP contribution in [0.4, 0.5) is 23.8 Å². The predicted molar refractivity (Wildman–Crippen MR) is 131 cm³/mol. The molecule has 188 valence electrons. The molecule has 0 saturated carbocycles. The molecule has 0 atom stereocenters. The van der Waals surface area contributed by atoms with Crippen LogP contribution in [0.3, 0.4) is 0 Å². The number of ketones is 1. The molecule has 35 heavy (non-hydrogen) atoms. The highest BCUT2D eigenvalue weighted by atomic mass is 19.4. The van der Waals surface area contributed by atoms with Gasteiger partial charge in [0.1, 0.15) is 11.4 Å². The summed E-state index contributed by atoms with van der Waals surface area (Å²) in [7, 11) is 1.57. The van der Waals surface area contributed by atoms with Crippen molar-refractivity contribution in [3.05, 3.63) is 60.1 Å². The van der Waals surface area contributed by atoms with Crippen molar-refractivity contribution < 1.29 is 27.5 Å². The minimum atomic E-state index is -4.40. The van der Waals surface area contributed by atoms with E-state index in [1.54, 1.807) is 72.3 Å². The zero-order chi connectivity index (χ0) is 26.6. The van der Waals surface area contributed by atoms with Crippen molar-refractivity contribution in [2.45, 2.75) is 59.2 Å². The highest BCUT2D eigenvalue weighted by Gasteiger charge is 2.28. The minimum absolute atomic E-state index is 0.00313. The van der Waals surface area contributed by atoms with Crippen LogP contribution in [-0.2, 0) is 9.53 Å². The second-order valence-corrected chi connectivity index (χ2v) is 9.09. The van der Waals surface area contributed by atoms with E-state index < -0.39 is 36.5 Å². The number of pyridine rings is 2. The molecular formula is C26H30F3N3O3. The molecule has 0 aliphatic heterocycles. The summed E-state index contributed by atoms with van der Waals surface area (Å²) in [5, 5.41) is 1.52. The van der Waals surface area contributed by atoms with Gasteiger partial charge >= 0.3 is 12.3 Å². The Labute approximate surface area is 203 Å². The van der Waals surface area contributed by atoms with Crippen LogP contribution in [0.5, 0.6) is 0 Å². The van der Waals surface area contributed by atoms with Gasteiger partial charge in [0.2, 0.25) is 0 Å². The maximum absolute atomic E-state index is 12.4. The quantitative estimate of drug-likeness (QED) is 0.315. The number of hydrogen-bond donors (Lipinski definition) is 0. The van der Waals surface area contributed by atoms with Crippen molar-refractivity contribution >= 4 is 34.0 Å². The number of aromatic nitrogens is 2. The van der Waals surface area contributed by atoms with Crippen molar-refractivity contribution in [3.63, 3.8) is 0 Å². The number of halogens is 3. The monoisotopic (exact) mass is 489 g/mol. The van der Waals surface area contributed by atoms with Crippen molar-refractivity contribution in [3.8, 4) is 0 Å².